The lowest BCUT2D eigenvalue weighted by atomic mass is 10.0. The van der Waals surface area contributed by atoms with Crippen LogP contribution in [-0.2, 0) is 28.8 Å². The van der Waals surface area contributed by atoms with Gasteiger partial charge in [-0.1, -0.05) is 211 Å². The number of hydrogen-bond acceptors (Lipinski definition) is 10. The Morgan fingerprint density at radius 3 is 0.882 bits per heavy atom. The molecule has 1 unspecified atom stereocenters. The quantitative estimate of drug-likeness (QED) is 0.0177. The molecule has 3 N–H and O–H groups in total. The third kappa shape index (κ3) is 40.2. The highest BCUT2D eigenvalue weighted by atomic mass is 17.0. The number of unbranched alkanes of at least 4 members (excludes halogenated alkanes) is 33. The molecule has 10 heteroatoms. The molecule has 0 aromatic carbocycles. The van der Waals surface area contributed by atoms with Crippen LogP contribution in [0.25, 0.3) is 0 Å². The number of rotatable bonds is 52. The highest BCUT2D eigenvalue weighted by molar-refractivity contribution is 5.71. The zero-order valence-corrected chi connectivity index (χ0v) is 44.4. The van der Waals surface area contributed by atoms with Crippen molar-refractivity contribution in [1.82, 2.24) is 5.23 Å². The average Bonchev–Trinajstić information content (AvgIpc) is 3.33. The summed E-state index contributed by atoms with van der Waals surface area (Å²) in [5.74, 6) is -2.25. The molecular formula is C58H107NO9. The zero-order chi connectivity index (χ0) is 49.9. The van der Waals surface area contributed by atoms with E-state index in [1.54, 1.807) is 0 Å². The number of hydroxylamine groups is 2. The fraction of sp³-hybridized carbons (Fsp3) is 0.845. The van der Waals surface area contributed by atoms with Crippen LogP contribution in [0.4, 0.5) is 0 Å². The van der Waals surface area contributed by atoms with E-state index in [0.717, 1.165) is 116 Å². The van der Waals surface area contributed by atoms with Crippen LogP contribution in [-0.4, -0.2) is 63.5 Å². The second-order valence-corrected chi connectivity index (χ2v) is 19.4. The largest absolute Gasteiger partial charge is 0.433 e. The molecule has 0 heterocycles. The maximum Gasteiger partial charge on any atom is 0.329 e. The lowest BCUT2D eigenvalue weighted by Gasteiger charge is -2.39. The molecule has 10 nitrogen and oxygen atoms in total. The summed E-state index contributed by atoms with van der Waals surface area (Å²) in [7, 11) is 0. The van der Waals surface area contributed by atoms with E-state index in [4.69, 9.17) is 14.4 Å². The smallest absolute Gasteiger partial charge is 0.329 e. The van der Waals surface area contributed by atoms with E-state index in [0.29, 0.717) is 24.5 Å². The molecule has 0 bridgehead atoms. The highest BCUT2D eigenvalue weighted by Crippen LogP contribution is 2.25. The van der Waals surface area contributed by atoms with Crippen molar-refractivity contribution < 1.29 is 44.1 Å². The van der Waals surface area contributed by atoms with Gasteiger partial charge in [-0.2, -0.15) is 0 Å². The zero-order valence-electron chi connectivity index (χ0n) is 44.4. The van der Waals surface area contributed by atoms with Gasteiger partial charge in [-0.05, 0) is 96.3 Å². The van der Waals surface area contributed by atoms with E-state index in [1.807, 2.05) is 0 Å². The third-order valence-electron chi connectivity index (χ3n) is 12.9. The van der Waals surface area contributed by atoms with Crippen molar-refractivity contribution in [3.05, 3.63) is 36.5 Å². The second kappa shape index (κ2) is 50.8. The van der Waals surface area contributed by atoms with Crippen LogP contribution in [0.1, 0.15) is 290 Å². The van der Waals surface area contributed by atoms with Crippen molar-refractivity contribution in [3.63, 3.8) is 0 Å². The summed E-state index contributed by atoms with van der Waals surface area (Å²) in [6.07, 6.45) is 54.9. The van der Waals surface area contributed by atoms with Gasteiger partial charge in [-0.3, -0.25) is 14.4 Å². The monoisotopic (exact) mass is 962 g/mol. The normalized spacial score (nSPS) is 12.6. The van der Waals surface area contributed by atoms with Crippen molar-refractivity contribution in [3.8, 4) is 0 Å². The van der Waals surface area contributed by atoms with Crippen LogP contribution in [0.5, 0.6) is 0 Å². The Balaban J connectivity index is 4.99. The molecule has 0 aromatic heterocycles. The summed E-state index contributed by atoms with van der Waals surface area (Å²) >= 11 is 0. The van der Waals surface area contributed by atoms with Gasteiger partial charge in [0.15, 0.2) is 0 Å². The van der Waals surface area contributed by atoms with E-state index in [2.05, 4.69) is 57.2 Å². The van der Waals surface area contributed by atoms with Crippen LogP contribution in [0, 0.1) is 0 Å². The fourth-order valence-electron chi connectivity index (χ4n) is 8.20. The van der Waals surface area contributed by atoms with Gasteiger partial charge in [-0.15, -0.1) is 0 Å². The number of esters is 1. The van der Waals surface area contributed by atoms with E-state index < -0.39 is 43.0 Å². The van der Waals surface area contributed by atoms with Gasteiger partial charge in [0.2, 0.25) is 11.8 Å². The van der Waals surface area contributed by atoms with Gasteiger partial charge in [0, 0.05) is 19.3 Å². The summed E-state index contributed by atoms with van der Waals surface area (Å²) < 4.78 is 5.30. The Hall–Kier alpha value is -2.53. The first kappa shape index (κ1) is 65.5. The average molecular weight is 962 g/mol. The van der Waals surface area contributed by atoms with E-state index in [1.165, 1.54) is 116 Å². The van der Waals surface area contributed by atoms with Crippen LogP contribution in [0.15, 0.2) is 36.5 Å². The van der Waals surface area contributed by atoms with Crippen LogP contribution >= 0.6 is 0 Å². The number of carbonyl (C=O) groups is 3. The lowest BCUT2D eigenvalue weighted by molar-refractivity contribution is -0.405. The number of carbonyl (C=O) groups excluding carboxylic acids is 3. The number of aliphatic hydroxyl groups excluding tert-OH is 3. The molecule has 398 valence electrons. The first-order chi connectivity index (χ1) is 33.3. The Labute approximate surface area is 417 Å². The number of aliphatic hydroxyl groups is 3. The first-order valence-corrected chi connectivity index (χ1v) is 28.6. The molecule has 0 rings (SSSR count). The molecule has 68 heavy (non-hydrogen) atoms. The van der Waals surface area contributed by atoms with Gasteiger partial charge < -0.3 is 29.7 Å². The minimum atomic E-state index is -2.34. The van der Waals surface area contributed by atoms with Crippen molar-refractivity contribution in [2.24, 2.45) is 0 Å². The summed E-state index contributed by atoms with van der Waals surface area (Å²) in [5.41, 5.74) is -2.34. The first-order valence-electron chi connectivity index (χ1n) is 28.6. The lowest BCUT2D eigenvalue weighted by Crippen LogP contribution is -2.63. The number of nitrogens with zero attached hydrogens (tertiary/aromatic N) is 1. The molecule has 0 saturated carbocycles. The Kier molecular flexibility index (Phi) is 49.0. The molecule has 0 radical (unpaired) electrons. The molecule has 0 aliphatic rings. The van der Waals surface area contributed by atoms with E-state index in [-0.39, 0.29) is 19.3 Å². The van der Waals surface area contributed by atoms with Crippen molar-refractivity contribution in [1.29, 1.82) is 0 Å². The predicted molar refractivity (Wildman–Crippen MR) is 281 cm³/mol. The molecule has 1 atom stereocenters. The maximum atomic E-state index is 13.1. The van der Waals surface area contributed by atoms with Gasteiger partial charge >= 0.3 is 17.9 Å². The van der Waals surface area contributed by atoms with Crippen LogP contribution < -0.4 is 0 Å². The summed E-state index contributed by atoms with van der Waals surface area (Å²) in [6, 6.07) is 0. The molecule has 0 spiro atoms. The van der Waals surface area contributed by atoms with Crippen molar-refractivity contribution in [2.45, 2.75) is 302 Å². The van der Waals surface area contributed by atoms with Crippen molar-refractivity contribution >= 4 is 17.9 Å². The predicted octanol–water partition coefficient (Wildman–Crippen LogP) is 15.9. The number of ether oxygens (including phenoxy) is 1. The fourth-order valence-corrected chi connectivity index (χ4v) is 8.20. The number of allylic oxidation sites excluding steroid dienone is 6. The van der Waals surface area contributed by atoms with Crippen molar-refractivity contribution in [2.75, 3.05) is 13.2 Å². The Morgan fingerprint density at radius 1 is 0.382 bits per heavy atom. The van der Waals surface area contributed by atoms with Crippen LogP contribution in [0.2, 0.25) is 0 Å². The summed E-state index contributed by atoms with van der Waals surface area (Å²) in [4.78, 5) is 50.1. The summed E-state index contributed by atoms with van der Waals surface area (Å²) in [5, 5.41) is 32.7. The maximum absolute atomic E-state index is 13.1. The highest BCUT2D eigenvalue weighted by Gasteiger charge is 2.51. The topological polar surface area (TPSA) is 143 Å². The van der Waals surface area contributed by atoms with Gasteiger partial charge in [0.05, 0.1) is 18.4 Å². The Bertz CT molecular complexity index is 1160. The molecule has 0 fully saturated rings. The SMILES string of the molecule is CCCCCCCC/C=C\CCCCCCCC(=O)OC(O)C(CO)(CO)N(OC(=O)CCCCCCC/C=C\CCCCCCCC)OC(=O)CCCCCCC/C=C\CCCCCCCC. The molecule has 0 amide bonds. The van der Waals surface area contributed by atoms with E-state index >= 15 is 0 Å². The van der Waals surface area contributed by atoms with Crippen LogP contribution in [0.3, 0.4) is 0 Å². The molecule has 0 aromatic rings. The minimum absolute atomic E-state index is 0.00124. The molecule has 0 aliphatic heterocycles. The number of hydrogen-bond donors (Lipinski definition) is 3. The Morgan fingerprint density at radius 2 is 0.618 bits per heavy atom. The van der Waals surface area contributed by atoms with Gasteiger partial charge in [-0.25, -0.2) is 0 Å². The minimum Gasteiger partial charge on any atom is -0.433 e. The molecular weight excluding hydrogens is 855 g/mol. The van der Waals surface area contributed by atoms with Gasteiger partial charge in [0.1, 0.15) is 0 Å². The van der Waals surface area contributed by atoms with E-state index in [9.17, 15) is 29.7 Å². The second-order valence-electron chi connectivity index (χ2n) is 19.4. The van der Waals surface area contributed by atoms with Gasteiger partial charge in [0.25, 0.3) is 0 Å². The molecule has 0 saturated heterocycles. The standard InChI is InChI=1S/C58H107NO9/c1-4-7-10-13-16-19-22-25-28-31-34-37-40-43-46-49-54(62)66-57(65)58(52-60,53-61)59(67-55(63)50-47-44-41-38-35-32-29-26-23-20-17-14-11-8-5-2)68-56(64)51-48-45-42-39-36-33-30-27-24-21-18-15-12-9-6-3/h25-30,57,60-61,65H,4-24,31-53H2,1-3H3/b28-25-,29-26-,30-27-. The third-order valence-corrected chi connectivity index (χ3v) is 12.9. The molecule has 0 aliphatic carbocycles. The summed E-state index contributed by atoms with van der Waals surface area (Å²) in [6.45, 7) is 4.65.